The Morgan fingerprint density at radius 2 is 0.624 bits per heavy atom. The summed E-state index contributed by atoms with van der Waals surface area (Å²) in [6.07, 6.45) is 0. The van der Waals surface area contributed by atoms with Gasteiger partial charge in [0.15, 0.2) is 0 Å². The number of rotatable bonds is 8. The molecule has 8 heterocycles. The number of aromatic nitrogens is 2. The summed E-state index contributed by atoms with van der Waals surface area (Å²) in [4.78, 5) is 54.5. The normalized spacial score (nSPS) is 16.1. The molecular formula is C81H44N4O8+2. The molecule has 2 aromatic heterocycles. The smallest absolute Gasteiger partial charge is 0.478 e. The summed E-state index contributed by atoms with van der Waals surface area (Å²) in [5.74, 6) is -6.47. The van der Waals surface area contributed by atoms with E-state index in [1.54, 1.807) is 48.5 Å². The molecule has 0 radical (unpaired) electrons. The first-order valence-electron chi connectivity index (χ1n) is 30.6. The van der Waals surface area contributed by atoms with Gasteiger partial charge in [-0.1, -0.05) is 161 Å². The molecule has 14 aromatic rings. The monoisotopic (exact) mass is 1200 g/mol. The van der Waals surface area contributed by atoms with E-state index in [9.17, 15) is 39.6 Å². The van der Waals surface area contributed by atoms with Gasteiger partial charge >= 0.3 is 29.8 Å². The van der Waals surface area contributed by atoms with E-state index in [2.05, 4.69) is 152 Å². The molecule has 1 unspecified atom stereocenters. The number of aromatic carboxylic acids is 4. The molecule has 0 aliphatic carbocycles. The molecule has 12 heteroatoms. The van der Waals surface area contributed by atoms with Gasteiger partial charge in [-0.25, -0.2) is 19.2 Å². The van der Waals surface area contributed by atoms with Gasteiger partial charge in [0.25, 0.3) is 0 Å². The molecule has 20 rings (SSSR count). The van der Waals surface area contributed by atoms with Gasteiger partial charge in [-0.15, -0.1) is 0 Å². The van der Waals surface area contributed by atoms with Gasteiger partial charge in [-0.05, 0) is 156 Å². The zero-order valence-corrected chi connectivity index (χ0v) is 48.8. The second kappa shape index (κ2) is 17.7. The van der Waals surface area contributed by atoms with E-state index in [1.165, 1.54) is 6.07 Å². The standard InChI is InChI=1S/C81H42N4O8/c86-77(87)52-26-12-24-50(28-52)66-71-59-35-44-18-6-4-16-42(44)33-57(59)69-65(41-14-2-1-3-15-41)70-58-34-43-17-5-7-19-45(43)36-60(58)72-67(51-25-13-27-53(29-51)78(88)89)74-62-38-47-21-9-11-23-49(47)40-64(62)76-68(54-30-55(79(90)91)32-56(31-54)80(92)93)75-63-39-48-22-10-8-20-46(48)37-61(63)73(66)84(75)81(82(69)71,83(70)72)85(74)76/h1-40H,(H2-2,86,87,88,89,90,91,92,93)/p+2. The summed E-state index contributed by atoms with van der Waals surface area (Å²) in [5, 5.41) is 57.2. The number of fused-ring (bicyclic) bond motifs is 16. The quantitative estimate of drug-likeness (QED) is 0.109. The molecule has 12 aromatic carbocycles. The fourth-order valence-corrected chi connectivity index (χ4v) is 16.5. The van der Waals surface area contributed by atoms with Crippen LogP contribution in [-0.4, -0.2) is 74.0 Å². The van der Waals surface area contributed by atoms with Crippen LogP contribution in [0, 0.1) is 0 Å². The highest BCUT2D eigenvalue weighted by Gasteiger charge is 2.76. The maximum atomic E-state index is 13.7. The molecule has 0 bridgehead atoms. The van der Waals surface area contributed by atoms with Crippen LogP contribution < -0.4 is 10.7 Å². The van der Waals surface area contributed by atoms with Gasteiger partial charge in [-0.2, -0.15) is 9.13 Å². The average molecular weight is 1200 g/mol. The maximum Gasteiger partial charge on any atom is 0.554 e. The van der Waals surface area contributed by atoms with Crippen molar-refractivity contribution >= 4 is 134 Å². The van der Waals surface area contributed by atoms with E-state index in [1.807, 2.05) is 54.6 Å². The van der Waals surface area contributed by atoms with Crippen molar-refractivity contribution < 1.29 is 48.8 Å². The first kappa shape index (κ1) is 51.1. The molecule has 0 saturated carbocycles. The van der Waals surface area contributed by atoms with Crippen LogP contribution in [0.5, 0.6) is 0 Å². The molecule has 12 nitrogen and oxygen atoms in total. The zero-order chi connectivity index (χ0) is 62.2. The lowest BCUT2D eigenvalue weighted by molar-refractivity contribution is -0.805. The molecule has 6 aliphatic rings. The predicted molar refractivity (Wildman–Crippen MR) is 359 cm³/mol. The van der Waals surface area contributed by atoms with Crippen LogP contribution >= 0.6 is 0 Å². The van der Waals surface area contributed by atoms with E-state index in [-0.39, 0.29) is 22.3 Å². The van der Waals surface area contributed by atoms with Crippen LogP contribution in [0.1, 0.15) is 97.3 Å². The average Bonchev–Trinajstić information content (AvgIpc) is 1.47. The van der Waals surface area contributed by atoms with Gasteiger partial charge in [0, 0.05) is 21.5 Å². The summed E-state index contributed by atoms with van der Waals surface area (Å²) in [6, 6.07) is 80.0. The van der Waals surface area contributed by atoms with Crippen molar-refractivity contribution in [2.24, 2.45) is 0 Å². The van der Waals surface area contributed by atoms with Crippen molar-refractivity contribution in [3.63, 3.8) is 0 Å². The Hall–Kier alpha value is -12.8. The van der Waals surface area contributed by atoms with Crippen LogP contribution in [0.3, 0.4) is 0 Å². The lowest BCUT2D eigenvalue weighted by atomic mass is 9.88. The largest absolute Gasteiger partial charge is 0.554 e. The Morgan fingerprint density at radius 3 is 1.04 bits per heavy atom. The van der Waals surface area contributed by atoms with Gasteiger partial charge in [0.05, 0.1) is 88.9 Å². The highest BCUT2D eigenvalue weighted by atomic mass is 16.4. The Kier molecular flexibility index (Phi) is 9.76. The first-order chi connectivity index (χ1) is 45.4. The van der Waals surface area contributed by atoms with Crippen LogP contribution in [0.2, 0.25) is 0 Å². The van der Waals surface area contributed by atoms with Crippen LogP contribution in [0.15, 0.2) is 243 Å². The number of hydrogen-bond acceptors (Lipinski definition) is 4. The molecule has 0 saturated heterocycles. The second-order valence-electron chi connectivity index (χ2n) is 24.8. The SMILES string of the molecule is O=C(O)c1cccc(C2=C3c4cc5ccccc5cc4C4=[N+]3C35n6c2c2cc7ccccc7cc2c6C(c2cc(C(=O)O)cc(C(=O)O)c2)=C2c6cc7ccccc7cc6C(=[N+]23)C(c2cccc(C(=O)O)c2)=c2c3cc6ccccc6cc3c(n25)=C4c2ccccc2)c1. The summed E-state index contributed by atoms with van der Waals surface area (Å²) in [5.41, 5.74) is 12.9. The van der Waals surface area contributed by atoms with E-state index in [4.69, 9.17) is 0 Å². The van der Waals surface area contributed by atoms with Crippen molar-refractivity contribution in [1.29, 1.82) is 0 Å². The number of hydrogen-bond donors (Lipinski definition) is 4. The van der Waals surface area contributed by atoms with Crippen LogP contribution in [0.25, 0.3) is 98.3 Å². The number of benzene rings is 12. The van der Waals surface area contributed by atoms with Gasteiger partial charge in [0.1, 0.15) is 0 Å². The lowest BCUT2D eigenvalue weighted by Gasteiger charge is -2.41. The second-order valence-corrected chi connectivity index (χ2v) is 24.8. The highest BCUT2D eigenvalue weighted by Crippen LogP contribution is 2.62. The van der Waals surface area contributed by atoms with E-state index >= 15 is 0 Å². The molecule has 0 fully saturated rings. The van der Waals surface area contributed by atoms with Crippen molar-refractivity contribution in [3.05, 3.63) is 332 Å². The molecule has 1 atom stereocenters. The van der Waals surface area contributed by atoms with Gasteiger partial charge < -0.3 is 20.4 Å². The number of nitrogens with zero attached hydrogens (tertiary/aromatic N) is 4. The molecular weight excluding hydrogens is 1160 g/mol. The van der Waals surface area contributed by atoms with Crippen molar-refractivity contribution in [3.8, 4) is 0 Å². The summed E-state index contributed by atoms with van der Waals surface area (Å²) >= 11 is 0. The molecule has 0 amide bonds. The molecule has 434 valence electrons. The topological polar surface area (TPSA) is 165 Å². The zero-order valence-electron chi connectivity index (χ0n) is 48.8. The van der Waals surface area contributed by atoms with E-state index in [0.29, 0.717) is 33.7 Å². The van der Waals surface area contributed by atoms with Crippen LogP contribution in [0.4, 0.5) is 0 Å². The van der Waals surface area contributed by atoms with Gasteiger partial charge in [-0.3, -0.25) is 0 Å². The van der Waals surface area contributed by atoms with E-state index < -0.39 is 29.8 Å². The lowest BCUT2D eigenvalue weighted by Crippen LogP contribution is -2.71. The van der Waals surface area contributed by atoms with Gasteiger partial charge in [0.2, 0.25) is 22.8 Å². The highest BCUT2D eigenvalue weighted by molar-refractivity contribution is 6.38. The predicted octanol–water partition coefficient (Wildman–Crippen LogP) is 14.0. The molecule has 93 heavy (non-hydrogen) atoms. The minimum atomic E-state index is -1.65. The third-order valence-corrected chi connectivity index (χ3v) is 20.0. The minimum absolute atomic E-state index is 0.0817. The molecule has 6 aliphatic heterocycles. The molecule has 1 spiro atoms. The fourth-order valence-electron chi connectivity index (χ4n) is 16.5. The Morgan fingerprint density at radius 1 is 0.290 bits per heavy atom. The third kappa shape index (κ3) is 6.42. The molecule has 4 N–H and O–H groups in total. The Bertz CT molecular complexity index is 6340. The Labute approximate surface area is 526 Å². The summed E-state index contributed by atoms with van der Waals surface area (Å²) in [7, 11) is 0. The maximum absolute atomic E-state index is 13.7. The van der Waals surface area contributed by atoms with Crippen LogP contribution in [-0.2, 0) is 5.91 Å². The van der Waals surface area contributed by atoms with Crippen molar-refractivity contribution in [1.82, 2.24) is 9.13 Å². The number of carbonyl (C=O) groups is 4. The number of carboxylic acids is 4. The van der Waals surface area contributed by atoms with Crippen molar-refractivity contribution in [2.45, 2.75) is 5.91 Å². The summed E-state index contributed by atoms with van der Waals surface area (Å²) in [6.45, 7) is 0. The minimum Gasteiger partial charge on any atom is -0.478 e. The Balaban J connectivity index is 1.16. The first-order valence-corrected chi connectivity index (χ1v) is 30.6. The number of carboxylic acid groups (broad SMARTS) is 4. The summed E-state index contributed by atoms with van der Waals surface area (Å²) < 4.78 is 9.80. The third-order valence-electron chi connectivity index (χ3n) is 20.0. The fraction of sp³-hybridized carbons (Fsp3) is 0.0123. The van der Waals surface area contributed by atoms with E-state index in [0.717, 1.165) is 143 Å². The van der Waals surface area contributed by atoms with Crippen molar-refractivity contribution in [2.75, 3.05) is 0 Å².